The number of pyridine rings is 1. The van der Waals surface area contributed by atoms with Crippen LogP contribution >= 0.6 is 0 Å². The minimum Gasteiger partial charge on any atom is -0.439 e. The van der Waals surface area contributed by atoms with E-state index in [-0.39, 0.29) is 0 Å². The molecule has 0 bridgehead atoms. The molecule has 2 heterocycles. The van der Waals surface area contributed by atoms with E-state index in [2.05, 4.69) is 21.9 Å². The van der Waals surface area contributed by atoms with Crippen molar-refractivity contribution in [3.63, 3.8) is 0 Å². The van der Waals surface area contributed by atoms with Gasteiger partial charge in [0.2, 0.25) is 5.88 Å². The van der Waals surface area contributed by atoms with Crippen molar-refractivity contribution in [2.75, 3.05) is 0 Å². The number of para-hydroxylation sites is 1. The average Bonchev–Trinajstić information content (AvgIpc) is 3.17. The van der Waals surface area contributed by atoms with Gasteiger partial charge in [-0.3, -0.25) is 0 Å². The molecule has 30 heavy (non-hydrogen) atoms. The summed E-state index contributed by atoms with van der Waals surface area (Å²) in [6.07, 6.45) is -2.74. The van der Waals surface area contributed by atoms with Crippen molar-refractivity contribution in [2.24, 2.45) is 0 Å². The van der Waals surface area contributed by atoms with E-state index >= 15 is 0 Å². The van der Waals surface area contributed by atoms with E-state index in [1.54, 1.807) is 30.5 Å². The molecule has 2 N–H and O–H groups in total. The second-order valence-corrected chi connectivity index (χ2v) is 6.73. The normalized spacial score (nSPS) is 11.4. The number of benzene rings is 2. The Labute approximate surface area is 171 Å². The minimum atomic E-state index is -4.39. The highest BCUT2D eigenvalue weighted by Gasteiger charge is 2.32. The largest absolute Gasteiger partial charge is 0.439 e. The van der Waals surface area contributed by atoms with Gasteiger partial charge in [-0.1, -0.05) is 30.8 Å². The molecule has 7 heteroatoms. The number of hydrogen-bond donors (Lipinski definition) is 2. The van der Waals surface area contributed by atoms with Crippen molar-refractivity contribution in [3.05, 3.63) is 96.3 Å². The van der Waals surface area contributed by atoms with Gasteiger partial charge in [0.15, 0.2) is 0 Å². The number of fused-ring (bicyclic) bond motifs is 1. The van der Waals surface area contributed by atoms with Gasteiger partial charge >= 0.3 is 6.18 Å². The van der Waals surface area contributed by atoms with Gasteiger partial charge in [-0.25, -0.2) is 4.98 Å². The van der Waals surface area contributed by atoms with E-state index in [1.165, 1.54) is 0 Å². The van der Waals surface area contributed by atoms with Crippen molar-refractivity contribution in [3.8, 4) is 11.6 Å². The Kier molecular flexibility index (Phi) is 5.18. The number of H-pyrrole nitrogens is 1. The third-order valence-electron chi connectivity index (χ3n) is 4.55. The van der Waals surface area contributed by atoms with E-state index in [4.69, 9.17) is 4.74 Å². The molecule has 0 aliphatic heterocycles. The minimum absolute atomic E-state index is 0.420. The third kappa shape index (κ3) is 4.46. The molecule has 0 aliphatic rings. The molecule has 0 saturated heterocycles. The lowest BCUT2D eigenvalue weighted by Crippen LogP contribution is -2.11. The lowest BCUT2D eigenvalue weighted by Gasteiger charge is -2.11. The second kappa shape index (κ2) is 7.94. The first-order valence-corrected chi connectivity index (χ1v) is 9.19. The maximum atomic E-state index is 12.8. The van der Waals surface area contributed by atoms with Crippen LogP contribution in [0.4, 0.5) is 13.2 Å². The van der Waals surface area contributed by atoms with Gasteiger partial charge in [-0.2, -0.15) is 13.2 Å². The number of rotatable bonds is 6. The molecule has 4 nitrogen and oxygen atoms in total. The van der Waals surface area contributed by atoms with Crippen LogP contribution in [-0.2, 0) is 12.7 Å². The van der Waals surface area contributed by atoms with Crippen LogP contribution in [0.2, 0.25) is 0 Å². The van der Waals surface area contributed by atoms with Crippen molar-refractivity contribution in [1.29, 1.82) is 0 Å². The first kappa shape index (κ1) is 19.6. The van der Waals surface area contributed by atoms with E-state index in [0.717, 1.165) is 17.2 Å². The quantitative estimate of drug-likeness (QED) is 0.402. The topological polar surface area (TPSA) is 49.9 Å². The Bertz CT molecular complexity index is 1170. The number of nitrogens with one attached hydrogen (secondary N) is 2. The molecule has 0 fully saturated rings. The van der Waals surface area contributed by atoms with Crippen molar-refractivity contribution in [1.82, 2.24) is 15.3 Å². The molecular weight excluding hydrogens is 391 g/mol. The maximum Gasteiger partial charge on any atom is 0.431 e. The van der Waals surface area contributed by atoms with Gasteiger partial charge in [-0.05, 0) is 42.0 Å². The highest BCUT2D eigenvalue weighted by atomic mass is 19.4. The lowest BCUT2D eigenvalue weighted by molar-refractivity contribution is -0.140. The molecule has 0 unspecified atom stereocenters. The molecule has 4 aromatic rings. The van der Waals surface area contributed by atoms with Crippen molar-refractivity contribution in [2.45, 2.75) is 12.7 Å². The zero-order valence-electron chi connectivity index (χ0n) is 15.8. The lowest BCUT2D eigenvalue weighted by atomic mass is 10.1. The Balaban J connectivity index is 1.39. The monoisotopic (exact) mass is 409 g/mol. The number of alkyl halides is 3. The van der Waals surface area contributed by atoms with E-state index in [0.29, 0.717) is 34.8 Å². The average molecular weight is 409 g/mol. The van der Waals surface area contributed by atoms with E-state index < -0.39 is 11.9 Å². The van der Waals surface area contributed by atoms with Crippen LogP contribution in [0.15, 0.2) is 79.5 Å². The predicted molar refractivity (Wildman–Crippen MR) is 110 cm³/mol. The summed E-state index contributed by atoms with van der Waals surface area (Å²) in [5, 5.41) is 3.69. The Morgan fingerprint density at radius 2 is 1.83 bits per heavy atom. The van der Waals surface area contributed by atoms with Crippen LogP contribution in [0.25, 0.3) is 16.6 Å². The summed E-state index contributed by atoms with van der Waals surface area (Å²) < 4.78 is 44.2. The molecule has 0 spiro atoms. The number of aromatic nitrogens is 2. The number of halogens is 3. The first-order valence-electron chi connectivity index (χ1n) is 9.19. The Morgan fingerprint density at radius 1 is 1.03 bits per heavy atom. The highest BCUT2D eigenvalue weighted by molar-refractivity contribution is 5.81. The molecular formula is C23H18F3N3O. The van der Waals surface area contributed by atoms with Gasteiger partial charge in [0, 0.05) is 41.0 Å². The van der Waals surface area contributed by atoms with Gasteiger partial charge in [0.1, 0.15) is 11.4 Å². The third-order valence-corrected chi connectivity index (χ3v) is 4.55. The smallest absolute Gasteiger partial charge is 0.431 e. The van der Waals surface area contributed by atoms with Crippen molar-refractivity contribution >= 4 is 16.6 Å². The predicted octanol–water partition coefficient (Wildman–Crippen LogP) is 6.13. The summed E-state index contributed by atoms with van der Waals surface area (Å²) in [5.41, 5.74) is 1.98. The highest BCUT2D eigenvalue weighted by Crippen LogP contribution is 2.31. The summed E-state index contributed by atoms with van der Waals surface area (Å²) >= 11 is 0. The maximum absolute atomic E-state index is 12.8. The summed E-state index contributed by atoms with van der Waals surface area (Å²) in [5.74, 6) is 1.17. The summed E-state index contributed by atoms with van der Waals surface area (Å²) in [6.45, 7) is 4.43. The first-order chi connectivity index (χ1) is 14.4. The molecule has 0 aliphatic carbocycles. The van der Waals surface area contributed by atoms with Crippen LogP contribution in [0, 0.1) is 0 Å². The molecule has 2 aromatic heterocycles. The molecule has 0 amide bonds. The summed E-state index contributed by atoms with van der Waals surface area (Å²) in [6, 6.07) is 19.2. The molecule has 4 rings (SSSR count). The van der Waals surface area contributed by atoms with Crippen LogP contribution in [0.3, 0.4) is 0 Å². The van der Waals surface area contributed by atoms with Crippen LogP contribution in [-0.4, -0.2) is 9.97 Å². The molecule has 0 saturated carbocycles. The summed E-state index contributed by atoms with van der Waals surface area (Å²) in [7, 11) is 0. The standard InChI is InChI=1S/C23H18F3N3O/c1-15(17-8-10-22(28-14-17)30-19-5-3-2-4-6-19)27-13-16-7-9-20-18(11-16)12-21(29-20)23(24,25)26/h2-12,14,27,29H,1,13H2. The van der Waals surface area contributed by atoms with E-state index in [9.17, 15) is 13.2 Å². The molecule has 0 atom stereocenters. The second-order valence-electron chi connectivity index (χ2n) is 6.73. The van der Waals surface area contributed by atoms with Gasteiger partial charge in [0.25, 0.3) is 0 Å². The van der Waals surface area contributed by atoms with Gasteiger partial charge in [-0.15, -0.1) is 0 Å². The fourth-order valence-corrected chi connectivity index (χ4v) is 2.98. The van der Waals surface area contributed by atoms with Gasteiger partial charge < -0.3 is 15.0 Å². The number of aromatic amines is 1. The fourth-order valence-electron chi connectivity index (χ4n) is 2.98. The molecule has 0 radical (unpaired) electrons. The van der Waals surface area contributed by atoms with Crippen LogP contribution in [0.1, 0.15) is 16.8 Å². The SMILES string of the molecule is C=C(NCc1ccc2[nH]c(C(F)(F)F)cc2c1)c1ccc(Oc2ccccc2)nc1. The molecule has 152 valence electrons. The number of ether oxygens (including phenoxy) is 1. The Hall–Kier alpha value is -3.74. The van der Waals surface area contributed by atoms with Crippen LogP contribution in [0.5, 0.6) is 11.6 Å². The molecule has 2 aromatic carbocycles. The number of nitrogens with zero attached hydrogens (tertiary/aromatic N) is 1. The van der Waals surface area contributed by atoms with Crippen molar-refractivity contribution < 1.29 is 17.9 Å². The van der Waals surface area contributed by atoms with Gasteiger partial charge in [0.05, 0.1) is 0 Å². The van der Waals surface area contributed by atoms with Crippen LogP contribution < -0.4 is 10.1 Å². The zero-order valence-corrected chi connectivity index (χ0v) is 15.8. The van der Waals surface area contributed by atoms with E-state index in [1.807, 2.05) is 36.4 Å². The zero-order chi connectivity index (χ0) is 21.1. The number of hydrogen-bond acceptors (Lipinski definition) is 3. The Morgan fingerprint density at radius 3 is 2.53 bits per heavy atom. The summed E-state index contributed by atoms with van der Waals surface area (Å²) in [4.78, 5) is 6.68. The fraction of sp³-hybridized carbons (Fsp3) is 0.0870.